The van der Waals surface area contributed by atoms with Crippen LogP contribution in [0.2, 0.25) is 0 Å². The Morgan fingerprint density at radius 3 is 2.24 bits per heavy atom. The Balaban J connectivity index is 0.000000215. The van der Waals surface area contributed by atoms with E-state index in [4.69, 9.17) is 0 Å². The minimum atomic E-state index is 0.207. The zero-order valence-electron chi connectivity index (χ0n) is 22.5. The minimum Gasteiger partial charge on any atom is -0.508 e. The molecule has 1 heterocycles. The highest BCUT2D eigenvalue weighted by Crippen LogP contribution is 2.49. The van der Waals surface area contributed by atoms with Crippen molar-refractivity contribution in [3.63, 3.8) is 0 Å². The largest absolute Gasteiger partial charge is 0.508 e. The Bertz CT molecular complexity index is 992. The van der Waals surface area contributed by atoms with Gasteiger partial charge in [0, 0.05) is 12.6 Å². The quantitative estimate of drug-likeness (QED) is 0.461. The summed E-state index contributed by atoms with van der Waals surface area (Å²) in [6.07, 6.45) is 4.64. The van der Waals surface area contributed by atoms with Gasteiger partial charge < -0.3 is 10.2 Å². The molecule has 0 spiro atoms. The molecule has 0 amide bonds. The Labute approximate surface area is 207 Å². The van der Waals surface area contributed by atoms with E-state index in [2.05, 4.69) is 72.4 Å². The van der Waals surface area contributed by atoms with Crippen molar-refractivity contribution in [2.45, 2.75) is 91.5 Å². The molecule has 2 N–H and O–H groups in total. The maximum absolute atomic E-state index is 9.93. The number of para-hydroxylation sites is 1. The first-order chi connectivity index (χ1) is 16.0. The molecule has 3 heteroatoms. The van der Waals surface area contributed by atoms with E-state index in [0.29, 0.717) is 35.3 Å². The lowest BCUT2D eigenvalue weighted by Crippen LogP contribution is -2.57. The molecule has 0 unspecified atom stereocenters. The molecule has 0 aromatic heterocycles. The number of phenolic OH excluding ortho intramolecular Hbond substituents is 2. The third-order valence-corrected chi connectivity index (χ3v) is 8.18. The van der Waals surface area contributed by atoms with Gasteiger partial charge in [-0.25, -0.2) is 0 Å². The van der Waals surface area contributed by atoms with E-state index in [1.54, 1.807) is 0 Å². The molecule has 4 rings (SSSR count). The summed E-state index contributed by atoms with van der Waals surface area (Å²) in [6.45, 7) is 19.8. The van der Waals surface area contributed by atoms with Crippen molar-refractivity contribution >= 4 is 0 Å². The summed E-state index contributed by atoms with van der Waals surface area (Å²) in [5, 5.41) is 19.8. The third-order valence-electron chi connectivity index (χ3n) is 8.18. The van der Waals surface area contributed by atoms with Gasteiger partial charge in [-0.15, -0.1) is 0 Å². The summed E-state index contributed by atoms with van der Waals surface area (Å²) in [4.78, 5) is 2.65. The number of rotatable bonds is 4. The van der Waals surface area contributed by atoms with Gasteiger partial charge in [-0.3, -0.25) is 4.90 Å². The molecule has 1 saturated heterocycles. The zero-order valence-corrected chi connectivity index (χ0v) is 22.5. The highest BCUT2D eigenvalue weighted by atomic mass is 16.3. The van der Waals surface area contributed by atoms with Crippen LogP contribution >= 0.6 is 0 Å². The number of phenols is 2. The molecular weight excluding hydrogens is 418 g/mol. The normalized spacial score (nSPS) is 23.8. The van der Waals surface area contributed by atoms with Crippen LogP contribution in [-0.4, -0.2) is 34.2 Å². The van der Waals surface area contributed by atoms with E-state index in [1.807, 2.05) is 30.3 Å². The third kappa shape index (κ3) is 5.35. The molecule has 1 aliphatic carbocycles. The van der Waals surface area contributed by atoms with E-state index in [0.717, 1.165) is 30.6 Å². The standard InChI is InChI=1S/C19H27NO.C12H18O/c1-13(2)7-9-20-10-8-19(4)14(3)18(20)11-15-5-6-16(21)12-17(15)19;1-8(2)10-6-5-7-11(9(3)4)12(10)13/h5-7,12,14,18,21H,8-11H2,1-4H3;5-9,13H,1-4H3/t14-,18+,19+;/m0./s1. The fraction of sp³-hybridized carbons (Fsp3) is 0.548. The molecule has 2 bridgehead atoms. The first kappa shape index (κ1) is 26.3. The molecule has 0 saturated carbocycles. The van der Waals surface area contributed by atoms with E-state index in [1.165, 1.54) is 23.1 Å². The van der Waals surface area contributed by atoms with Crippen molar-refractivity contribution in [1.82, 2.24) is 4.90 Å². The number of nitrogens with zero attached hydrogens (tertiary/aromatic N) is 1. The molecule has 34 heavy (non-hydrogen) atoms. The fourth-order valence-corrected chi connectivity index (χ4v) is 5.73. The van der Waals surface area contributed by atoms with Crippen LogP contribution in [-0.2, 0) is 11.8 Å². The molecule has 0 radical (unpaired) electrons. The van der Waals surface area contributed by atoms with Gasteiger partial charge >= 0.3 is 0 Å². The topological polar surface area (TPSA) is 43.7 Å². The highest BCUT2D eigenvalue weighted by molar-refractivity contribution is 5.44. The zero-order chi connectivity index (χ0) is 25.2. The summed E-state index contributed by atoms with van der Waals surface area (Å²) < 4.78 is 0. The number of piperidine rings is 1. The van der Waals surface area contributed by atoms with Crippen LogP contribution in [0.1, 0.15) is 95.9 Å². The van der Waals surface area contributed by atoms with Crippen LogP contribution in [0.15, 0.2) is 48.0 Å². The Hall–Kier alpha value is -2.26. The summed E-state index contributed by atoms with van der Waals surface area (Å²) in [6, 6.07) is 12.6. The second-order valence-corrected chi connectivity index (χ2v) is 11.4. The van der Waals surface area contributed by atoms with Crippen molar-refractivity contribution in [3.05, 3.63) is 70.3 Å². The Kier molecular flexibility index (Phi) is 8.18. The fourth-order valence-electron chi connectivity index (χ4n) is 5.73. The molecule has 3 nitrogen and oxygen atoms in total. The van der Waals surface area contributed by atoms with Gasteiger partial charge in [-0.2, -0.15) is 0 Å². The smallest absolute Gasteiger partial charge is 0.122 e. The Morgan fingerprint density at radius 2 is 1.68 bits per heavy atom. The summed E-state index contributed by atoms with van der Waals surface area (Å²) in [5.74, 6) is 2.30. The van der Waals surface area contributed by atoms with E-state index in [-0.39, 0.29) is 5.41 Å². The van der Waals surface area contributed by atoms with E-state index in [9.17, 15) is 10.2 Å². The minimum absolute atomic E-state index is 0.207. The SMILES string of the molecule is CC(C)=CCN1CC[C@@]2(C)c3cc(O)ccc3C[C@@H]1[C@@H]2C.CC(C)c1cccc(C(C)C)c1O. The number of allylic oxidation sites excluding steroid dienone is 1. The van der Waals surface area contributed by atoms with E-state index >= 15 is 0 Å². The van der Waals surface area contributed by atoms with E-state index < -0.39 is 0 Å². The van der Waals surface area contributed by atoms with Gasteiger partial charge in [0.25, 0.3) is 0 Å². The lowest BCUT2D eigenvalue weighted by Gasteiger charge is -2.54. The van der Waals surface area contributed by atoms with Gasteiger partial charge in [-0.1, -0.05) is 77.5 Å². The summed E-state index contributed by atoms with van der Waals surface area (Å²) in [7, 11) is 0. The van der Waals surface area contributed by atoms with Gasteiger partial charge in [-0.05, 0) is 90.8 Å². The predicted molar refractivity (Wildman–Crippen MR) is 144 cm³/mol. The number of fused-ring (bicyclic) bond motifs is 4. The average Bonchev–Trinajstić information content (AvgIpc) is 2.76. The number of likely N-dealkylation sites (tertiary alicyclic amines) is 1. The monoisotopic (exact) mass is 463 g/mol. The summed E-state index contributed by atoms with van der Waals surface area (Å²) in [5.41, 5.74) is 6.52. The van der Waals surface area contributed by atoms with Crippen LogP contribution in [0, 0.1) is 5.92 Å². The Morgan fingerprint density at radius 1 is 1.06 bits per heavy atom. The maximum Gasteiger partial charge on any atom is 0.122 e. The predicted octanol–water partition coefficient (Wildman–Crippen LogP) is 7.52. The van der Waals surface area contributed by atoms with Crippen molar-refractivity contribution in [2.24, 2.45) is 5.92 Å². The van der Waals surface area contributed by atoms with Crippen LogP contribution in [0.3, 0.4) is 0 Å². The highest BCUT2D eigenvalue weighted by Gasteiger charge is 2.48. The molecule has 186 valence electrons. The number of aromatic hydroxyl groups is 2. The van der Waals surface area contributed by atoms with Crippen LogP contribution in [0.5, 0.6) is 11.5 Å². The number of hydrogen-bond acceptors (Lipinski definition) is 3. The van der Waals surface area contributed by atoms with Crippen LogP contribution in [0.25, 0.3) is 0 Å². The average molecular weight is 464 g/mol. The maximum atomic E-state index is 9.93. The van der Waals surface area contributed by atoms with Crippen molar-refractivity contribution < 1.29 is 10.2 Å². The lowest BCUT2D eigenvalue weighted by molar-refractivity contribution is 0.0397. The molecule has 1 aliphatic heterocycles. The molecule has 2 aliphatic rings. The van der Waals surface area contributed by atoms with Gasteiger partial charge in [0.15, 0.2) is 0 Å². The molecule has 3 atom stereocenters. The first-order valence-corrected chi connectivity index (χ1v) is 13.0. The second-order valence-electron chi connectivity index (χ2n) is 11.4. The molecule has 2 aromatic carbocycles. The van der Waals surface area contributed by atoms with Crippen molar-refractivity contribution in [2.75, 3.05) is 13.1 Å². The van der Waals surface area contributed by atoms with Crippen molar-refractivity contribution in [3.8, 4) is 11.5 Å². The van der Waals surface area contributed by atoms with Crippen LogP contribution < -0.4 is 0 Å². The van der Waals surface area contributed by atoms with Gasteiger partial charge in [0.1, 0.15) is 11.5 Å². The van der Waals surface area contributed by atoms with Crippen molar-refractivity contribution in [1.29, 1.82) is 0 Å². The van der Waals surface area contributed by atoms with Crippen LogP contribution in [0.4, 0.5) is 0 Å². The van der Waals surface area contributed by atoms with Gasteiger partial charge in [0.05, 0.1) is 0 Å². The lowest BCUT2D eigenvalue weighted by atomic mass is 9.59. The second kappa shape index (κ2) is 10.6. The summed E-state index contributed by atoms with van der Waals surface area (Å²) >= 11 is 0. The number of benzene rings is 2. The molecular formula is C31H45NO2. The molecule has 2 aromatic rings. The number of hydrogen-bond donors (Lipinski definition) is 2. The van der Waals surface area contributed by atoms with Gasteiger partial charge in [0.2, 0.25) is 0 Å². The first-order valence-electron chi connectivity index (χ1n) is 13.0. The molecule has 1 fully saturated rings.